The van der Waals surface area contributed by atoms with Gasteiger partial charge in [0.05, 0.1) is 17.5 Å². The number of hydrogen-bond acceptors (Lipinski definition) is 5. The number of allylic oxidation sites excluding steroid dienone is 2. The number of carbonyl (C=O) groups excluding carboxylic acids is 3. The summed E-state index contributed by atoms with van der Waals surface area (Å²) < 4.78 is 0. The highest BCUT2D eigenvalue weighted by Gasteiger charge is 2.56. The molecule has 2 bridgehead atoms. The fraction of sp³-hybridized carbons (Fsp3) is 0.304. The molecule has 1 aliphatic heterocycles. The number of nitrogens with zero attached hydrogens (tertiary/aromatic N) is 2. The van der Waals surface area contributed by atoms with E-state index in [-0.39, 0.29) is 53.6 Å². The first-order valence-electron chi connectivity index (χ1n) is 10.4. The molecule has 31 heavy (non-hydrogen) atoms. The topological polar surface area (TPSA) is 112 Å². The number of anilines is 2. The summed E-state index contributed by atoms with van der Waals surface area (Å²) in [6, 6.07) is 9.53. The highest BCUT2D eigenvalue weighted by molar-refractivity contribution is 6.22. The predicted molar refractivity (Wildman–Crippen MR) is 113 cm³/mol. The molecule has 4 aliphatic rings. The largest absolute Gasteiger partial charge is 0.504 e. The number of amides is 4. The van der Waals surface area contributed by atoms with E-state index in [1.54, 1.807) is 30.3 Å². The molecule has 158 valence electrons. The van der Waals surface area contributed by atoms with Crippen LogP contribution in [0, 0.1) is 23.7 Å². The van der Waals surface area contributed by atoms with Gasteiger partial charge in [-0.15, -0.1) is 0 Å². The van der Waals surface area contributed by atoms with Crippen molar-refractivity contribution in [2.24, 2.45) is 23.7 Å². The van der Waals surface area contributed by atoms with Gasteiger partial charge in [-0.1, -0.05) is 24.3 Å². The third kappa shape index (κ3) is 3.34. The molecule has 6 rings (SSSR count). The van der Waals surface area contributed by atoms with Gasteiger partial charge in [-0.25, -0.2) is 9.78 Å². The van der Waals surface area contributed by atoms with Gasteiger partial charge in [0.25, 0.3) is 0 Å². The summed E-state index contributed by atoms with van der Waals surface area (Å²) in [6.07, 6.45) is 7.62. The molecule has 2 fully saturated rings. The number of imide groups is 1. The van der Waals surface area contributed by atoms with E-state index < -0.39 is 6.03 Å². The van der Waals surface area contributed by atoms with Crippen molar-refractivity contribution in [1.29, 1.82) is 0 Å². The molecule has 1 aromatic heterocycles. The van der Waals surface area contributed by atoms with Gasteiger partial charge in [0.2, 0.25) is 11.8 Å². The highest BCUT2D eigenvalue weighted by Crippen LogP contribution is 2.50. The minimum absolute atomic E-state index is 0.0753. The summed E-state index contributed by atoms with van der Waals surface area (Å²) in [5.74, 6) is -0.385. The van der Waals surface area contributed by atoms with E-state index in [9.17, 15) is 19.5 Å². The molecule has 1 saturated carbocycles. The average molecular weight is 418 g/mol. The molecule has 0 radical (unpaired) electrons. The summed E-state index contributed by atoms with van der Waals surface area (Å²) in [4.78, 5) is 43.3. The fourth-order valence-corrected chi connectivity index (χ4v) is 4.92. The number of fused-ring (bicyclic) bond motifs is 1. The predicted octanol–water partition coefficient (Wildman–Crippen LogP) is 2.81. The van der Waals surface area contributed by atoms with Crippen molar-refractivity contribution >= 4 is 29.4 Å². The third-order valence-corrected chi connectivity index (χ3v) is 6.43. The number of aromatic hydroxyl groups is 1. The van der Waals surface area contributed by atoms with E-state index in [0.717, 1.165) is 18.4 Å². The zero-order valence-corrected chi connectivity index (χ0v) is 16.7. The first kappa shape index (κ1) is 19.3. The third-order valence-electron chi connectivity index (χ3n) is 6.43. The molecule has 8 heteroatoms. The number of nitrogens with one attached hydrogen (secondary N) is 2. The lowest BCUT2D eigenvalue weighted by Gasteiger charge is -2.38. The van der Waals surface area contributed by atoms with Crippen LogP contribution in [0.3, 0.4) is 0 Å². The van der Waals surface area contributed by atoms with Crippen LogP contribution >= 0.6 is 0 Å². The number of hydrogen-bond donors (Lipinski definition) is 3. The molecule has 3 aliphatic carbocycles. The van der Waals surface area contributed by atoms with Gasteiger partial charge in [0, 0.05) is 12.7 Å². The van der Waals surface area contributed by atoms with Crippen LogP contribution in [0.25, 0.3) is 0 Å². The molecule has 1 saturated heterocycles. The van der Waals surface area contributed by atoms with Crippen molar-refractivity contribution in [2.45, 2.75) is 19.4 Å². The number of rotatable bonds is 4. The maximum absolute atomic E-state index is 13.0. The molecule has 8 nitrogen and oxygen atoms in total. The molecule has 0 spiro atoms. The van der Waals surface area contributed by atoms with Crippen molar-refractivity contribution in [2.75, 3.05) is 10.2 Å². The van der Waals surface area contributed by atoms with Gasteiger partial charge in [-0.2, -0.15) is 0 Å². The number of urea groups is 1. The van der Waals surface area contributed by atoms with Crippen LogP contribution in [0.1, 0.15) is 18.4 Å². The van der Waals surface area contributed by atoms with Crippen LogP contribution < -0.4 is 15.5 Å². The Morgan fingerprint density at radius 1 is 1.03 bits per heavy atom. The second-order valence-electron chi connectivity index (χ2n) is 8.20. The van der Waals surface area contributed by atoms with Gasteiger partial charge in [0.15, 0.2) is 11.6 Å². The first-order valence-corrected chi connectivity index (χ1v) is 10.4. The van der Waals surface area contributed by atoms with E-state index in [1.807, 2.05) is 0 Å². The monoisotopic (exact) mass is 418 g/mol. The summed E-state index contributed by atoms with van der Waals surface area (Å²) in [6.45, 7) is 0.237. The Labute approximate surface area is 179 Å². The van der Waals surface area contributed by atoms with Gasteiger partial charge < -0.3 is 10.4 Å². The number of aromatic nitrogens is 1. The Morgan fingerprint density at radius 2 is 1.68 bits per heavy atom. The molecular weight excluding hydrogens is 396 g/mol. The van der Waals surface area contributed by atoms with E-state index in [1.165, 1.54) is 17.2 Å². The lowest BCUT2D eigenvalue weighted by atomic mass is 9.63. The zero-order chi connectivity index (χ0) is 21.5. The first-order chi connectivity index (χ1) is 15.0. The molecular formula is C23H22N4O4. The van der Waals surface area contributed by atoms with E-state index in [2.05, 4.69) is 27.8 Å². The van der Waals surface area contributed by atoms with Crippen molar-refractivity contribution < 1.29 is 19.5 Å². The van der Waals surface area contributed by atoms with Gasteiger partial charge >= 0.3 is 6.03 Å². The Balaban J connectivity index is 1.23. The SMILES string of the molecule is O=C(NCc1ccc(N2C(=O)C3C4C=CC(CC4)C3C2=O)cc1)Nc1ncccc1O. The summed E-state index contributed by atoms with van der Waals surface area (Å²) in [7, 11) is 0. The van der Waals surface area contributed by atoms with Crippen LogP contribution in [0.4, 0.5) is 16.3 Å². The molecule has 1 aromatic carbocycles. The van der Waals surface area contributed by atoms with Gasteiger partial charge in [-0.05, 0) is 54.5 Å². The Bertz CT molecular complexity index is 1050. The summed E-state index contributed by atoms with van der Waals surface area (Å²) in [5.41, 5.74) is 1.37. The summed E-state index contributed by atoms with van der Waals surface area (Å²) >= 11 is 0. The van der Waals surface area contributed by atoms with Gasteiger partial charge in [0.1, 0.15) is 0 Å². The quantitative estimate of drug-likeness (QED) is 0.522. The van der Waals surface area contributed by atoms with Crippen molar-refractivity contribution in [3.05, 3.63) is 60.3 Å². The molecule has 2 heterocycles. The lowest BCUT2D eigenvalue weighted by Crippen LogP contribution is -2.38. The molecule has 3 N–H and O–H groups in total. The van der Waals surface area contributed by atoms with Crippen LogP contribution in [-0.4, -0.2) is 27.9 Å². The second-order valence-corrected chi connectivity index (χ2v) is 8.20. The average Bonchev–Trinajstić information content (AvgIpc) is 3.08. The molecule has 4 unspecified atom stereocenters. The minimum Gasteiger partial charge on any atom is -0.504 e. The normalized spacial score (nSPS) is 26.1. The van der Waals surface area contributed by atoms with E-state index in [0.29, 0.717) is 5.69 Å². The maximum Gasteiger partial charge on any atom is 0.320 e. The maximum atomic E-state index is 13.0. The van der Waals surface area contributed by atoms with Crippen molar-refractivity contribution in [3.63, 3.8) is 0 Å². The van der Waals surface area contributed by atoms with E-state index >= 15 is 0 Å². The molecule has 4 atom stereocenters. The number of benzene rings is 1. The fourth-order valence-electron chi connectivity index (χ4n) is 4.92. The van der Waals surface area contributed by atoms with Crippen LogP contribution in [-0.2, 0) is 16.1 Å². The standard InChI is InChI=1S/C23H22N4O4/c28-17-2-1-11-24-20(17)26-23(31)25-12-13-3-9-16(10-4-13)27-21(29)18-14-5-6-15(8-7-14)19(18)22(27)30/h1-6,9-11,14-15,18-19,28H,7-8,12H2,(H2,24,25,26,31). The Kier molecular flexibility index (Phi) is 4.69. The zero-order valence-electron chi connectivity index (χ0n) is 16.7. The van der Waals surface area contributed by atoms with Crippen LogP contribution in [0.15, 0.2) is 54.7 Å². The second kappa shape index (κ2) is 7.54. The lowest BCUT2D eigenvalue weighted by molar-refractivity contribution is -0.124. The van der Waals surface area contributed by atoms with Crippen molar-refractivity contribution in [1.82, 2.24) is 10.3 Å². The van der Waals surface area contributed by atoms with Crippen LogP contribution in [0.5, 0.6) is 5.75 Å². The van der Waals surface area contributed by atoms with Crippen molar-refractivity contribution in [3.8, 4) is 5.75 Å². The smallest absolute Gasteiger partial charge is 0.320 e. The van der Waals surface area contributed by atoms with E-state index in [4.69, 9.17) is 0 Å². The summed E-state index contributed by atoms with van der Waals surface area (Å²) in [5, 5.41) is 14.8. The van der Waals surface area contributed by atoms with Gasteiger partial charge in [-0.3, -0.25) is 19.8 Å². The number of carbonyl (C=O) groups is 3. The number of pyridine rings is 1. The highest BCUT2D eigenvalue weighted by atomic mass is 16.3. The molecule has 2 aromatic rings. The Hall–Kier alpha value is -3.68. The van der Waals surface area contributed by atoms with Crippen LogP contribution in [0.2, 0.25) is 0 Å². The Morgan fingerprint density at radius 3 is 2.26 bits per heavy atom. The minimum atomic E-state index is -0.505. The molecule has 4 amide bonds.